The molecular weight excluding hydrogens is 278 g/mol. The molecule has 0 radical (unpaired) electrons. The van der Waals surface area contributed by atoms with Gasteiger partial charge in [-0.15, -0.1) is 11.3 Å². The first kappa shape index (κ1) is 18.2. The molecule has 0 aliphatic carbocycles. The van der Waals surface area contributed by atoms with Crippen LogP contribution >= 0.6 is 11.3 Å². The molecule has 0 fully saturated rings. The van der Waals surface area contributed by atoms with E-state index < -0.39 is 0 Å². The highest BCUT2D eigenvalue weighted by Crippen LogP contribution is 2.20. The molecule has 21 heavy (non-hydrogen) atoms. The molecule has 2 nitrogen and oxygen atoms in total. The molecule has 0 bridgehead atoms. The lowest BCUT2D eigenvalue weighted by atomic mass is 10.1. The third-order valence-electron chi connectivity index (χ3n) is 3.54. The molecule has 0 saturated heterocycles. The lowest BCUT2D eigenvalue weighted by Gasteiger charge is -2.31. The fraction of sp³-hybridized carbons (Fsp3) is 0.667. The quantitative estimate of drug-likeness (QED) is 0.730. The van der Waals surface area contributed by atoms with Crippen LogP contribution in [0.4, 0.5) is 0 Å². The zero-order valence-electron chi connectivity index (χ0n) is 13.9. The molecule has 0 saturated carbocycles. The van der Waals surface area contributed by atoms with Gasteiger partial charge in [-0.3, -0.25) is 4.90 Å². The van der Waals surface area contributed by atoms with E-state index in [4.69, 9.17) is 5.11 Å². The Morgan fingerprint density at radius 1 is 1.29 bits per heavy atom. The topological polar surface area (TPSA) is 23.5 Å². The fourth-order valence-corrected chi connectivity index (χ4v) is 3.41. The van der Waals surface area contributed by atoms with Crippen LogP contribution in [-0.2, 0) is 6.54 Å². The number of hydrogen-bond acceptors (Lipinski definition) is 3. The maximum Gasteiger partial charge on any atom is 0.0540 e. The highest BCUT2D eigenvalue weighted by molar-refractivity contribution is 7.10. The molecule has 0 aromatic carbocycles. The number of aliphatic hydroxyl groups is 1. The second-order valence-corrected chi connectivity index (χ2v) is 6.87. The standard InChI is InChI=1S/C18H29NOS/c1-5-17(6-2)19(12-15(3)4)13-18-11-16(14-21-18)9-7-8-10-20/h11,14-15,17,20H,5-6,8,10,12-13H2,1-4H3. The normalized spacial score (nSPS) is 11.2. The molecule has 1 aromatic heterocycles. The van der Waals surface area contributed by atoms with Gasteiger partial charge in [-0.05, 0) is 24.8 Å². The van der Waals surface area contributed by atoms with Gasteiger partial charge in [-0.25, -0.2) is 0 Å². The van der Waals surface area contributed by atoms with E-state index >= 15 is 0 Å². The van der Waals surface area contributed by atoms with Gasteiger partial charge in [0.25, 0.3) is 0 Å². The van der Waals surface area contributed by atoms with Crippen molar-refractivity contribution in [1.82, 2.24) is 4.90 Å². The first-order valence-corrected chi connectivity index (χ1v) is 8.89. The smallest absolute Gasteiger partial charge is 0.0540 e. The van der Waals surface area contributed by atoms with Gasteiger partial charge < -0.3 is 5.11 Å². The molecule has 1 aromatic rings. The van der Waals surface area contributed by atoms with Crippen molar-refractivity contribution in [3.63, 3.8) is 0 Å². The molecule has 1 N–H and O–H groups in total. The van der Waals surface area contributed by atoms with Gasteiger partial charge in [0.2, 0.25) is 0 Å². The predicted octanol–water partition coefficient (Wildman–Crippen LogP) is 4.13. The van der Waals surface area contributed by atoms with Gasteiger partial charge in [0.15, 0.2) is 0 Å². The Labute approximate surface area is 134 Å². The van der Waals surface area contributed by atoms with E-state index in [1.54, 1.807) is 11.3 Å². The number of thiophene rings is 1. The van der Waals surface area contributed by atoms with Crippen molar-refractivity contribution >= 4 is 11.3 Å². The molecule has 0 atom stereocenters. The van der Waals surface area contributed by atoms with Crippen molar-refractivity contribution in [3.05, 3.63) is 21.9 Å². The van der Waals surface area contributed by atoms with Crippen LogP contribution in [-0.4, -0.2) is 29.2 Å². The van der Waals surface area contributed by atoms with Crippen molar-refractivity contribution in [1.29, 1.82) is 0 Å². The Kier molecular flexibility index (Phi) is 8.68. The second kappa shape index (κ2) is 10.00. The van der Waals surface area contributed by atoms with E-state index in [9.17, 15) is 0 Å². The minimum Gasteiger partial charge on any atom is -0.395 e. The molecular formula is C18H29NOS. The molecule has 118 valence electrons. The minimum atomic E-state index is 0.140. The van der Waals surface area contributed by atoms with Crippen LogP contribution < -0.4 is 0 Å². The average Bonchev–Trinajstić information content (AvgIpc) is 2.87. The zero-order valence-corrected chi connectivity index (χ0v) is 14.7. The molecule has 0 aliphatic rings. The fourth-order valence-electron chi connectivity index (χ4n) is 2.57. The first-order chi connectivity index (χ1) is 10.1. The number of hydrogen-bond donors (Lipinski definition) is 1. The number of rotatable bonds is 8. The van der Waals surface area contributed by atoms with Gasteiger partial charge in [-0.1, -0.05) is 39.5 Å². The predicted molar refractivity (Wildman–Crippen MR) is 92.5 cm³/mol. The van der Waals surface area contributed by atoms with Crippen molar-refractivity contribution in [3.8, 4) is 11.8 Å². The van der Waals surface area contributed by atoms with Crippen molar-refractivity contribution in [2.45, 2.75) is 59.5 Å². The SMILES string of the molecule is CCC(CC)N(Cc1cc(C#CCCO)cs1)CC(C)C. The number of aliphatic hydroxyl groups excluding tert-OH is 1. The van der Waals surface area contributed by atoms with E-state index in [1.807, 2.05) is 0 Å². The van der Waals surface area contributed by atoms with Gasteiger partial charge in [-0.2, -0.15) is 0 Å². The summed E-state index contributed by atoms with van der Waals surface area (Å²) in [5.41, 5.74) is 1.08. The van der Waals surface area contributed by atoms with Crippen molar-refractivity contribution < 1.29 is 5.11 Å². The third-order valence-corrected chi connectivity index (χ3v) is 4.46. The van der Waals surface area contributed by atoms with Crippen LogP contribution in [0, 0.1) is 17.8 Å². The summed E-state index contributed by atoms with van der Waals surface area (Å²) < 4.78 is 0. The van der Waals surface area contributed by atoms with Gasteiger partial charge in [0.05, 0.1) is 6.61 Å². The van der Waals surface area contributed by atoms with E-state index in [1.165, 1.54) is 17.7 Å². The molecule has 0 aliphatic heterocycles. The molecule has 0 amide bonds. The van der Waals surface area contributed by atoms with Gasteiger partial charge >= 0.3 is 0 Å². The van der Waals surface area contributed by atoms with Gasteiger partial charge in [0, 0.05) is 41.4 Å². The maximum atomic E-state index is 8.76. The average molecular weight is 308 g/mol. The highest BCUT2D eigenvalue weighted by atomic mass is 32.1. The van der Waals surface area contributed by atoms with Crippen LogP contribution in [0.5, 0.6) is 0 Å². The molecule has 3 heteroatoms. The van der Waals surface area contributed by atoms with Crippen LogP contribution in [0.15, 0.2) is 11.4 Å². The van der Waals surface area contributed by atoms with Gasteiger partial charge in [0.1, 0.15) is 0 Å². The monoisotopic (exact) mass is 307 g/mol. The second-order valence-electron chi connectivity index (χ2n) is 5.87. The molecule has 1 heterocycles. The van der Waals surface area contributed by atoms with Crippen LogP contribution in [0.1, 0.15) is 57.4 Å². The molecule has 1 rings (SSSR count). The van der Waals surface area contributed by atoms with Crippen LogP contribution in [0.2, 0.25) is 0 Å². The summed E-state index contributed by atoms with van der Waals surface area (Å²) >= 11 is 1.79. The summed E-state index contributed by atoms with van der Waals surface area (Å²) in [6, 6.07) is 2.86. The lowest BCUT2D eigenvalue weighted by Crippen LogP contribution is -2.36. The number of nitrogens with zero attached hydrogens (tertiary/aromatic N) is 1. The van der Waals surface area contributed by atoms with E-state index in [2.05, 4.69) is 55.9 Å². The zero-order chi connectivity index (χ0) is 15.7. The Bertz CT molecular complexity index is 451. The Hall–Kier alpha value is -0.820. The summed E-state index contributed by atoms with van der Waals surface area (Å²) in [6.45, 7) is 11.4. The molecule has 0 spiro atoms. The van der Waals surface area contributed by atoms with Crippen molar-refractivity contribution in [2.75, 3.05) is 13.2 Å². The minimum absolute atomic E-state index is 0.140. The largest absolute Gasteiger partial charge is 0.395 e. The van der Waals surface area contributed by atoms with E-state index in [0.29, 0.717) is 18.4 Å². The Morgan fingerprint density at radius 3 is 2.57 bits per heavy atom. The summed E-state index contributed by atoms with van der Waals surface area (Å²) in [7, 11) is 0. The van der Waals surface area contributed by atoms with Crippen molar-refractivity contribution in [2.24, 2.45) is 5.92 Å². The first-order valence-electron chi connectivity index (χ1n) is 8.01. The molecule has 0 unspecified atom stereocenters. The Morgan fingerprint density at radius 2 is 2.00 bits per heavy atom. The maximum absolute atomic E-state index is 8.76. The summed E-state index contributed by atoms with van der Waals surface area (Å²) in [5, 5.41) is 10.9. The van der Waals surface area contributed by atoms with Crippen LogP contribution in [0.25, 0.3) is 0 Å². The third kappa shape index (κ3) is 6.65. The lowest BCUT2D eigenvalue weighted by molar-refractivity contribution is 0.159. The summed E-state index contributed by atoms with van der Waals surface area (Å²) in [6.07, 6.45) is 2.97. The Balaban J connectivity index is 2.72. The summed E-state index contributed by atoms with van der Waals surface area (Å²) in [5.74, 6) is 6.80. The van der Waals surface area contributed by atoms with Crippen LogP contribution in [0.3, 0.4) is 0 Å². The van der Waals surface area contributed by atoms with E-state index in [0.717, 1.165) is 18.7 Å². The van der Waals surface area contributed by atoms with E-state index in [-0.39, 0.29) is 6.61 Å². The highest BCUT2D eigenvalue weighted by Gasteiger charge is 2.17. The summed E-state index contributed by atoms with van der Waals surface area (Å²) in [4.78, 5) is 4.00.